The zero-order valence-electron chi connectivity index (χ0n) is 28.1. The van der Waals surface area contributed by atoms with Gasteiger partial charge in [0.05, 0.1) is 0 Å². The van der Waals surface area contributed by atoms with Gasteiger partial charge in [-0.1, -0.05) is 100 Å². The molecule has 0 saturated heterocycles. The summed E-state index contributed by atoms with van der Waals surface area (Å²) in [7, 11) is 0. The molecule has 1 aliphatic rings. The molecule has 0 aromatic heterocycles. The van der Waals surface area contributed by atoms with E-state index < -0.39 is 0 Å². The molecule has 3 aromatic carbocycles. The first kappa shape index (κ1) is 35.3. The number of thiol groups is 1. The molecular weight excluding hydrogens is 591 g/mol. The third kappa shape index (κ3) is 11.0. The summed E-state index contributed by atoms with van der Waals surface area (Å²) in [6, 6.07) is 24.8. The van der Waals surface area contributed by atoms with E-state index in [4.69, 9.17) is 0 Å². The summed E-state index contributed by atoms with van der Waals surface area (Å²) in [6.45, 7) is 11.5. The predicted octanol–water partition coefficient (Wildman–Crippen LogP) is 7.78. The highest BCUT2D eigenvalue weighted by atomic mass is 32.1. The van der Waals surface area contributed by atoms with Crippen LogP contribution in [0.25, 0.3) is 0 Å². The van der Waals surface area contributed by atoms with Crippen LogP contribution in [0.3, 0.4) is 0 Å². The van der Waals surface area contributed by atoms with E-state index in [1.807, 2.05) is 45.0 Å². The monoisotopic (exact) mass is 641 g/mol. The normalized spacial score (nSPS) is 14.3. The van der Waals surface area contributed by atoms with Crippen LogP contribution in [0.1, 0.15) is 93.2 Å². The van der Waals surface area contributed by atoms with E-state index >= 15 is 0 Å². The van der Waals surface area contributed by atoms with Gasteiger partial charge in [-0.3, -0.25) is 14.4 Å². The van der Waals surface area contributed by atoms with Gasteiger partial charge in [0.2, 0.25) is 17.7 Å². The minimum atomic E-state index is 0.0506. The minimum absolute atomic E-state index is 0.0506. The average Bonchev–Trinajstić information content (AvgIpc) is 3.02. The molecule has 3 amide bonds. The van der Waals surface area contributed by atoms with Gasteiger partial charge in [0.1, 0.15) is 0 Å². The second-order valence-corrected chi connectivity index (χ2v) is 14.0. The number of amides is 3. The van der Waals surface area contributed by atoms with Gasteiger partial charge in [-0.15, -0.1) is 0 Å². The molecule has 0 aliphatic carbocycles. The van der Waals surface area contributed by atoms with Crippen LogP contribution in [0.2, 0.25) is 0 Å². The van der Waals surface area contributed by atoms with Crippen LogP contribution in [0.4, 0.5) is 0 Å². The summed E-state index contributed by atoms with van der Waals surface area (Å²) >= 11 is 4.34. The van der Waals surface area contributed by atoms with Crippen LogP contribution in [0, 0.1) is 11.8 Å². The fourth-order valence-electron chi connectivity index (χ4n) is 5.89. The highest BCUT2D eigenvalue weighted by molar-refractivity contribution is 7.80. The van der Waals surface area contributed by atoms with Crippen molar-refractivity contribution in [2.75, 3.05) is 5.75 Å². The van der Waals surface area contributed by atoms with E-state index in [0.717, 1.165) is 46.2 Å². The number of benzene rings is 3. The number of fused-ring (bicyclic) bond motifs is 6. The Hall–Kier alpha value is -3.58. The Morgan fingerprint density at radius 2 is 0.783 bits per heavy atom. The van der Waals surface area contributed by atoms with Crippen LogP contribution < -0.4 is 0 Å². The number of carbonyl (C=O) groups excluding carboxylic acids is 3. The van der Waals surface area contributed by atoms with Gasteiger partial charge in [0.25, 0.3) is 0 Å². The molecule has 46 heavy (non-hydrogen) atoms. The van der Waals surface area contributed by atoms with Gasteiger partial charge >= 0.3 is 0 Å². The van der Waals surface area contributed by atoms with Gasteiger partial charge in [-0.25, -0.2) is 0 Å². The molecule has 6 bridgehead atoms. The first-order valence-electron chi connectivity index (χ1n) is 16.8. The lowest BCUT2D eigenvalue weighted by molar-refractivity contribution is -0.133. The van der Waals surface area contributed by atoms with Gasteiger partial charge in [-0.2, -0.15) is 12.6 Å². The molecule has 0 atom stereocenters. The summed E-state index contributed by atoms with van der Waals surface area (Å²) in [6.07, 6.45) is 3.03. The Kier molecular flexibility index (Phi) is 13.3. The quantitative estimate of drug-likeness (QED) is 0.256. The van der Waals surface area contributed by atoms with E-state index in [1.165, 1.54) is 0 Å². The first-order valence-corrected chi connectivity index (χ1v) is 17.4. The Morgan fingerprint density at radius 3 is 1.02 bits per heavy atom. The maximum Gasteiger partial charge on any atom is 0.223 e. The standard InChI is InChI=1S/C39H51N3O3S/c1-29(2)14-16-37(43)40-23-31-8-5-9-32(20-31)24-41(38(44)17-15-30(3)4)26-34-11-7-13-36(22-34)28-42(39(45)18-19-46)27-35-12-6-10-33(21-35)25-40/h5-13,20-22,29-30,46H,14-19,23-28H2,1-4H3. The summed E-state index contributed by atoms with van der Waals surface area (Å²) in [5.74, 6) is 1.68. The van der Waals surface area contributed by atoms with E-state index in [0.29, 0.717) is 76.1 Å². The molecule has 1 heterocycles. The van der Waals surface area contributed by atoms with Gasteiger partial charge < -0.3 is 14.7 Å². The SMILES string of the molecule is CC(C)CCC(=O)N1Cc2cccc(c2)CN(C(=O)CCS)Cc2cccc(c2)CN(C(=O)CCC(C)C)Cc2cccc(c2)C1. The molecule has 6 nitrogen and oxygen atoms in total. The van der Waals surface area contributed by atoms with Crippen molar-refractivity contribution >= 4 is 30.4 Å². The largest absolute Gasteiger partial charge is 0.334 e. The zero-order valence-corrected chi connectivity index (χ0v) is 29.0. The highest BCUT2D eigenvalue weighted by Crippen LogP contribution is 2.21. The topological polar surface area (TPSA) is 60.9 Å². The molecular formula is C39H51N3O3S. The Bertz CT molecular complexity index is 1370. The predicted molar refractivity (Wildman–Crippen MR) is 189 cm³/mol. The minimum Gasteiger partial charge on any atom is -0.334 e. The summed E-state index contributed by atoms with van der Waals surface area (Å²) in [5.41, 5.74) is 6.23. The highest BCUT2D eigenvalue weighted by Gasteiger charge is 2.20. The molecule has 0 unspecified atom stereocenters. The van der Waals surface area contributed by atoms with E-state index in [1.54, 1.807) is 0 Å². The first-order chi connectivity index (χ1) is 22.1. The summed E-state index contributed by atoms with van der Waals surface area (Å²) in [4.78, 5) is 46.3. The second-order valence-electron chi connectivity index (χ2n) is 13.5. The van der Waals surface area contributed by atoms with Gasteiger partial charge in [0, 0.05) is 58.5 Å². The van der Waals surface area contributed by atoms with Crippen molar-refractivity contribution < 1.29 is 14.4 Å². The maximum atomic E-state index is 13.6. The molecule has 3 aromatic rings. The third-order valence-electron chi connectivity index (χ3n) is 8.47. The molecule has 0 spiro atoms. The number of rotatable bonds is 8. The van der Waals surface area contributed by atoms with Crippen LogP contribution in [-0.4, -0.2) is 38.2 Å². The molecule has 1 aliphatic heterocycles. The second kappa shape index (κ2) is 17.4. The van der Waals surface area contributed by atoms with Crippen molar-refractivity contribution in [3.8, 4) is 0 Å². The Labute approximate surface area is 281 Å². The van der Waals surface area contributed by atoms with Gasteiger partial charge in [-0.05, 0) is 63.8 Å². The zero-order chi connectivity index (χ0) is 33.1. The summed E-state index contributed by atoms with van der Waals surface area (Å²) in [5, 5.41) is 0. The van der Waals surface area contributed by atoms with Crippen molar-refractivity contribution in [2.24, 2.45) is 11.8 Å². The number of hydrogen-bond donors (Lipinski definition) is 1. The van der Waals surface area contributed by atoms with Crippen LogP contribution in [-0.2, 0) is 53.7 Å². The maximum absolute atomic E-state index is 13.6. The number of carbonyl (C=O) groups is 3. The van der Waals surface area contributed by atoms with Crippen LogP contribution >= 0.6 is 12.6 Å². The van der Waals surface area contributed by atoms with E-state index in [9.17, 15) is 14.4 Å². The molecule has 4 rings (SSSR count). The Morgan fingerprint density at radius 1 is 0.522 bits per heavy atom. The van der Waals surface area contributed by atoms with Crippen molar-refractivity contribution in [1.82, 2.24) is 14.7 Å². The van der Waals surface area contributed by atoms with E-state index in [2.05, 4.69) is 82.8 Å². The molecule has 0 radical (unpaired) electrons. The lowest BCUT2D eigenvalue weighted by Crippen LogP contribution is -2.32. The average molecular weight is 642 g/mol. The lowest BCUT2D eigenvalue weighted by Gasteiger charge is -2.27. The van der Waals surface area contributed by atoms with Crippen LogP contribution in [0.15, 0.2) is 72.8 Å². The smallest absolute Gasteiger partial charge is 0.223 e. The Balaban J connectivity index is 1.75. The fraction of sp³-hybridized carbons (Fsp3) is 0.462. The molecule has 0 N–H and O–H groups in total. The fourth-order valence-corrected chi connectivity index (χ4v) is 6.08. The molecule has 7 heteroatoms. The molecule has 0 fully saturated rings. The van der Waals surface area contributed by atoms with Crippen molar-refractivity contribution in [1.29, 1.82) is 0 Å². The number of nitrogens with zero attached hydrogens (tertiary/aromatic N) is 3. The van der Waals surface area contributed by atoms with Crippen molar-refractivity contribution in [2.45, 2.75) is 99.1 Å². The van der Waals surface area contributed by atoms with Crippen molar-refractivity contribution in [3.05, 3.63) is 106 Å². The number of hydrogen-bond acceptors (Lipinski definition) is 4. The van der Waals surface area contributed by atoms with Crippen LogP contribution in [0.5, 0.6) is 0 Å². The van der Waals surface area contributed by atoms with Gasteiger partial charge in [0.15, 0.2) is 0 Å². The third-order valence-corrected chi connectivity index (χ3v) is 8.69. The molecule has 246 valence electrons. The van der Waals surface area contributed by atoms with E-state index in [-0.39, 0.29) is 17.7 Å². The lowest BCUT2D eigenvalue weighted by atomic mass is 10.0. The summed E-state index contributed by atoms with van der Waals surface area (Å²) < 4.78 is 0. The van der Waals surface area contributed by atoms with Crippen molar-refractivity contribution in [3.63, 3.8) is 0 Å². The molecule has 0 saturated carbocycles.